The topological polar surface area (TPSA) is 50.7 Å². The number of rotatable bonds is 3. The summed E-state index contributed by atoms with van der Waals surface area (Å²) in [5, 5.41) is 14.6. The monoisotopic (exact) mass is 263 g/mol. The van der Waals surface area contributed by atoms with E-state index in [9.17, 15) is 5.11 Å². The average molecular weight is 263 g/mol. The molecule has 2 bridgehead atoms. The van der Waals surface area contributed by atoms with Crippen molar-refractivity contribution in [2.75, 3.05) is 14.2 Å². The third kappa shape index (κ3) is 2.19. The zero-order valence-corrected chi connectivity index (χ0v) is 11.5. The first kappa shape index (κ1) is 12.8. The Labute approximate surface area is 113 Å². The molecule has 0 amide bonds. The summed E-state index contributed by atoms with van der Waals surface area (Å²) in [5.74, 6) is 1.46. The molecule has 2 unspecified atom stereocenters. The largest absolute Gasteiger partial charge is 0.497 e. The Morgan fingerprint density at radius 2 is 1.84 bits per heavy atom. The van der Waals surface area contributed by atoms with Crippen molar-refractivity contribution in [3.05, 3.63) is 23.8 Å². The molecule has 0 spiro atoms. The maximum absolute atomic E-state index is 11.0. The minimum Gasteiger partial charge on any atom is -0.497 e. The molecule has 2 saturated heterocycles. The van der Waals surface area contributed by atoms with E-state index in [1.54, 1.807) is 14.2 Å². The minimum atomic E-state index is -0.783. The molecule has 19 heavy (non-hydrogen) atoms. The van der Waals surface area contributed by atoms with E-state index in [2.05, 4.69) is 5.32 Å². The number of piperidine rings is 1. The van der Waals surface area contributed by atoms with E-state index in [0.29, 0.717) is 17.8 Å². The first-order chi connectivity index (χ1) is 9.14. The Morgan fingerprint density at radius 1 is 1.16 bits per heavy atom. The molecule has 2 atom stereocenters. The van der Waals surface area contributed by atoms with Crippen LogP contribution in [0, 0.1) is 0 Å². The molecule has 2 aliphatic heterocycles. The molecule has 0 saturated carbocycles. The first-order valence-electron chi connectivity index (χ1n) is 6.85. The number of fused-ring (bicyclic) bond motifs is 2. The molecule has 2 N–H and O–H groups in total. The van der Waals surface area contributed by atoms with Crippen LogP contribution in [0.5, 0.6) is 11.5 Å². The van der Waals surface area contributed by atoms with Crippen molar-refractivity contribution in [3.8, 4) is 11.5 Å². The fourth-order valence-electron chi connectivity index (χ4n) is 3.53. The third-order valence-electron chi connectivity index (χ3n) is 4.41. The molecule has 4 nitrogen and oxygen atoms in total. The lowest BCUT2D eigenvalue weighted by Crippen LogP contribution is -2.46. The van der Waals surface area contributed by atoms with Gasteiger partial charge in [-0.3, -0.25) is 0 Å². The lowest BCUT2D eigenvalue weighted by molar-refractivity contribution is -0.0132. The molecule has 0 radical (unpaired) electrons. The zero-order valence-electron chi connectivity index (χ0n) is 11.5. The van der Waals surface area contributed by atoms with Gasteiger partial charge in [0.2, 0.25) is 0 Å². The maximum atomic E-state index is 11.0. The van der Waals surface area contributed by atoms with Gasteiger partial charge in [-0.2, -0.15) is 0 Å². The van der Waals surface area contributed by atoms with Crippen LogP contribution in [0.15, 0.2) is 18.2 Å². The predicted molar refractivity (Wildman–Crippen MR) is 72.6 cm³/mol. The van der Waals surface area contributed by atoms with Crippen molar-refractivity contribution < 1.29 is 14.6 Å². The Kier molecular flexibility index (Phi) is 3.15. The van der Waals surface area contributed by atoms with Gasteiger partial charge in [0.15, 0.2) is 0 Å². The zero-order chi connectivity index (χ0) is 13.5. The molecule has 2 heterocycles. The van der Waals surface area contributed by atoms with Crippen LogP contribution in [0.25, 0.3) is 0 Å². The van der Waals surface area contributed by atoms with Crippen LogP contribution in [0.4, 0.5) is 0 Å². The van der Waals surface area contributed by atoms with Gasteiger partial charge in [0, 0.05) is 23.7 Å². The van der Waals surface area contributed by atoms with Gasteiger partial charge in [0.1, 0.15) is 11.5 Å². The molecular weight excluding hydrogens is 242 g/mol. The minimum absolute atomic E-state index is 0.426. The molecule has 0 aromatic heterocycles. The molecular formula is C15H21NO3. The molecule has 2 fully saturated rings. The first-order valence-corrected chi connectivity index (χ1v) is 6.85. The van der Waals surface area contributed by atoms with Crippen LogP contribution < -0.4 is 14.8 Å². The van der Waals surface area contributed by atoms with E-state index in [4.69, 9.17) is 9.47 Å². The highest BCUT2D eigenvalue weighted by molar-refractivity contribution is 5.44. The van der Waals surface area contributed by atoms with E-state index in [1.165, 1.54) is 0 Å². The molecule has 2 aliphatic rings. The summed E-state index contributed by atoms with van der Waals surface area (Å²) in [6.07, 6.45) is 3.83. The summed E-state index contributed by atoms with van der Waals surface area (Å²) in [5.41, 5.74) is 0.100. The quantitative estimate of drug-likeness (QED) is 0.873. The number of aliphatic hydroxyl groups is 1. The van der Waals surface area contributed by atoms with E-state index >= 15 is 0 Å². The Hall–Kier alpha value is -1.26. The Balaban J connectivity index is 1.96. The summed E-state index contributed by atoms with van der Waals surface area (Å²) in [6, 6.07) is 6.52. The fourth-order valence-corrected chi connectivity index (χ4v) is 3.53. The van der Waals surface area contributed by atoms with E-state index in [0.717, 1.165) is 37.0 Å². The van der Waals surface area contributed by atoms with Crippen molar-refractivity contribution in [3.63, 3.8) is 0 Å². The van der Waals surface area contributed by atoms with Crippen LogP contribution in [0.2, 0.25) is 0 Å². The van der Waals surface area contributed by atoms with Crippen molar-refractivity contribution in [1.29, 1.82) is 0 Å². The van der Waals surface area contributed by atoms with Crippen molar-refractivity contribution in [1.82, 2.24) is 5.32 Å². The number of nitrogens with one attached hydrogen (secondary N) is 1. The summed E-state index contributed by atoms with van der Waals surface area (Å²) >= 11 is 0. The number of hydrogen-bond donors (Lipinski definition) is 2. The van der Waals surface area contributed by atoms with Gasteiger partial charge in [0.05, 0.1) is 19.8 Å². The second-order valence-corrected chi connectivity index (χ2v) is 5.64. The number of hydrogen-bond acceptors (Lipinski definition) is 4. The van der Waals surface area contributed by atoms with Crippen molar-refractivity contribution in [2.45, 2.75) is 43.4 Å². The summed E-state index contributed by atoms with van der Waals surface area (Å²) in [6.45, 7) is 0. The van der Waals surface area contributed by atoms with Crippen LogP contribution in [0.1, 0.15) is 31.2 Å². The standard InChI is InChI=1S/C15H21NO3/c1-18-12-5-6-13(14(7-12)19-2)15(17)8-10-3-4-11(9-15)16-10/h5-7,10-11,16-17H,3-4,8-9H2,1-2H3. The van der Waals surface area contributed by atoms with E-state index in [-0.39, 0.29) is 0 Å². The molecule has 0 aliphatic carbocycles. The van der Waals surface area contributed by atoms with Gasteiger partial charge in [-0.05, 0) is 37.8 Å². The third-order valence-corrected chi connectivity index (χ3v) is 4.41. The summed E-state index contributed by atoms with van der Waals surface area (Å²) < 4.78 is 10.6. The normalized spacial score (nSPS) is 33.2. The van der Waals surface area contributed by atoms with Gasteiger partial charge in [-0.1, -0.05) is 0 Å². The summed E-state index contributed by atoms with van der Waals surface area (Å²) in [4.78, 5) is 0. The van der Waals surface area contributed by atoms with Crippen molar-refractivity contribution in [2.24, 2.45) is 0 Å². The van der Waals surface area contributed by atoms with Gasteiger partial charge in [0.25, 0.3) is 0 Å². The second-order valence-electron chi connectivity index (χ2n) is 5.64. The average Bonchev–Trinajstić information content (AvgIpc) is 2.77. The predicted octanol–water partition coefficient (Wildman–Crippen LogP) is 1.81. The fraction of sp³-hybridized carbons (Fsp3) is 0.600. The lowest BCUT2D eigenvalue weighted by atomic mass is 9.81. The molecule has 1 aromatic rings. The Bertz CT molecular complexity index is 462. The van der Waals surface area contributed by atoms with Gasteiger partial charge in [-0.15, -0.1) is 0 Å². The number of benzene rings is 1. The smallest absolute Gasteiger partial charge is 0.128 e. The van der Waals surface area contributed by atoms with E-state index < -0.39 is 5.60 Å². The van der Waals surface area contributed by atoms with Gasteiger partial charge < -0.3 is 19.9 Å². The maximum Gasteiger partial charge on any atom is 0.128 e. The van der Waals surface area contributed by atoms with Crippen molar-refractivity contribution >= 4 is 0 Å². The molecule has 1 aromatic carbocycles. The molecule has 104 valence electrons. The molecule has 4 heteroatoms. The van der Waals surface area contributed by atoms with Crippen LogP contribution >= 0.6 is 0 Å². The number of methoxy groups -OCH3 is 2. The highest BCUT2D eigenvalue weighted by atomic mass is 16.5. The highest BCUT2D eigenvalue weighted by Gasteiger charge is 2.44. The number of ether oxygens (including phenoxy) is 2. The van der Waals surface area contributed by atoms with Crippen LogP contribution in [0.3, 0.4) is 0 Å². The van der Waals surface area contributed by atoms with Gasteiger partial charge in [-0.25, -0.2) is 0 Å². The Morgan fingerprint density at radius 3 is 2.42 bits per heavy atom. The molecule has 3 rings (SSSR count). The van der Waals surface area contributed by atoms with Gasteiger partial charge >= 0.3 is 0 Å². The van der Waals surface area contributed by atoms with Crippen LogP contribution in [-0.4, -0.2) is 31.4 Å². The van der Waals surface area contributed by atoms with Crippen LogP contribution in [-0.2, 0) is 5.60 Å². The lowest BCUT2D eigenvalue weighted by Gasteiger charge is -2.38. The SMILES string of the molecule is COc1ccc(C2(O)CC3CCC(C2)N3)c(OC)c1. The highest BCUT2D eigenvalue weighted by Crippen LogP contribution is 2.44. The van der Waals surface area contributed by atoms with E-state index in [1.807, 2.05) is 18.2 Å². The second kappa shape index (κ2) is 4.69. The summed E-state index contributed by atoms with van der Waals surface area (Å²) in [7, 11) is 3.27.